The average molecular weight is 140 g/mol. The van der Waals surface area contributed by atoms with E-state index in [0.29, 0.717) is 0 Å². The fourth-order valence-corrected chi connectivity index (χ4v) is 1.07. The summed E-state index contributed by atoms with van der Waals surface area (Å²) in [6.07, 6.45) is 0. The third-order valence-electron chi connectivity index (χ3n) is 1.70. The van der Waals surface area contributed by atoms with Crippen LogP contribution in [-0.2, 0) is 0 Å². The lowest BCUT2D eigenvalue weighted by molar-refractivity contribution is 0.394. The molecule has 0 aliphatic carbocycles. The molecule has 0 unspecified atom stereocenters. The van der Waals surface area contributed by atoms with Crippen molar-refractivity contribution in [3.8, 4) is 5.75 Å². The van der Waals surface area contributed by atoms with Gasteiger partial charge < -0.3 is 9.15 Å². The minimum Gasteiger partial charge on any atom is -0.493 e. The maximum absolute atomic E-state index is 5.31. The quantitative estimate of drug-likeness (QED) is 0.596. The highest BCUT2D eigenvalue weighted by Crippen LogP contribution is 2.27. The van der Waals surface area contributed by atoms with Crippen LogP contribution in [0.5, 0.6) is 5.75 Å². The number of rotatable bonds is 1. The summed E-state index contributed by atoms with van der Waals surface area (Å²) in [6, 6.07) is 0. The Hall–Kier alpha value is -0.920. The number of aryl methyl sites for hydroxylation is 2. The van der Waals surface area contributed by atoms with Gasteiger partial charge in [-0.25, -0.2) is 0 Å². The van der Waals surface area contributed by atoms with E-state index in [4.69, 9.17) is 9.15 Å². The number of furan rings is 1. The van der Waals surface area contributed by atoms with Crippen LogP contribution in [0, 0.1) is 20.8 Å². The van der Waals surface area contributed by atoms with Crippen LogP contribution in [0.2, 0.25) is 0 Å². The maximum atomic E-state index is 5.31. The molecule has 2 heteroatoms. The minimum absolute atomic E-state index is 0.859. The SMILES string of the molecule is COc1c(C)oc(C)c1C. The summed E-state index contributed by atoms with van der Waals surface area (Å²) < 4.78 is 10.4. The predicted molar refractivity (Wildman–Crippen MR) is 39.5 cm³/mol. The Kier molecular flexibility index (Phi) is 1.70. The molecule has 0 amide bonds. The summed E-state index contributed by atoms with van der Waals surface area (Å²) in [5, 5.41) is 0. The van der Waals surface area contributed by atoms with Crippen LogP contribution in [0.4, 0.5) is 0 Å². The number of ether oxygens (including phenoxy) is 1. The third kappa shape index (κ3) is 0.897. The summed E-state index contributed by atoms with van der Waals surface area (Å²) in [5.41, 5.74) is 1.10. The largest absolute Gasteiger partial charge is 0.493 e. The zero-order valence-corrected chi connectivity index (χ0v) is 6.82. The van der Waals surface area contributed by atoms with Crippen molar-refractivity contribution < 1.29 is 9.15 Å². The van der Waals surface area contributed by atoms with Crippen molar-refractivity contribution in [2.45, 2.75) is 20.8 Å². The van der Waals surface area contributed by atoms with Gasteiger partial charge >= 0.3 is 0 Å². The van der Waals surface area contributed by atoms with E-state index in [1.807, 2.05) is 20.8 Å². The van der Waals surface area contributed by atoms with Gasteiger partial charge in [0.25, 0.3) is 0 Å². The Labute approximate surface area is 60.8 Å². The lowest BCUT2D eigenvalue weighted by Gasteiger charge is -1.95. The van der Waals surface area contributed by atoms with Crippen molar-refractivity contribution in [2.75, 3.05) is 7.11 Å². The van der Waals surface area contributed by atoms with E-state index < -0.39 is 0 Å². The minimum atomic E-state index is 0.859. The summed E-state index contributed by atoms with van der Waals surface area (Å²) >= 11 is 0. The van der Waals surface area contributed by atoms with Gasteiger partial charge in [0, 0.05) is 5.56 Å². The smallest absolute Gasteiger partial charge is 0.163 e. The van der Waals surface area contributed by atoms with Crippen molar-refractivity contribution in [2.24, 2.45) is 0 Å². The summed E-state index contributed by atoms with van der Waals surface area (Å²) in [5.74, 6) is 2.67. The van der Waals surface area contributed by atoms with Crippen LogP contribution in [0.1, 0.15) is 17.1 Å². The molecule has 0 spiro atoms. The van der Waals surface area contributed by atoms with Crippen molar-refractivity contribution >= 4 is 0 Å². The molecule has 0 atom stereocenters. The molecule has 0 saturated heterocycles. The molecule has 0 saturated carbocycles. The van der Waals surface area contributed by atoms with Crippen LogP contribution in [0.25, 0.3) is 0 Å². The van der Waals surface area contributed by atoms with Crippen LogP contribution in [-0.4, -0.2) is 7.11 Å². The molecule has 1 aromatic heterocycles. The van der Waals surface area contributed by atoms with Gasteiger partial charge in [0.15, 0.2) is 5.75 Å². The molecule has 1 heterocycles. The van der Waals surface area contributed by atoms with Crippen LogP contribution < -0.4 is 4.74 Å². The first kappa shape index (κ1) is 7.19. The van der Waals surface area contributed by atoms with Crippen LogP contribution >= 0.6 is 0 Å². The van der Waals surface area contributed by atoms with Crippen molar-refractivity contribution in [1.82, 2.24) is 0 Å². The first-order valence-electron chi connectivity index (χ1n) is 3.27. The summed E-state index contributed by atoms with van der Waals surface area (Å²) in [4.78, 5) is 0. The fourth-order valence-electron chi connectivity index (χ4n) is 1.07. The maximum Gasteiger partial charge on any atom is 0.163 e. The molecule has 0 aliphatic rings. The second-order valence-electron chi connectivity index (χ2n) is 2.37. The molecule has 1 aromatic rings. The van der Waals surface area contributed by atoms with Crippen molar-refractivity contribution in [3.63, 3.8) is 0 Å². The van der Waals surface area contributed by atoms with Crippen molar-refractivity contribution in [3.05, 3.63) is 17.1 Å². The molecule has 1 rings (SSSR count). The summed E-state index contributed by atoms with van der Waals surface area (Å²) in [6.45, 7) is 5.83. The van der Waals surface area contributed by atoms with Gasteiger partial charge in [-0.15, -0.1) is 0 Å². The first-order chi connectivity index (χ1) is 4.66. The highest BCUT2D eigenvalue weighted by molar-refractivity contribution is 5.37. The van der Waals surface area contributed by atoms with Gasteiger partial charge in [-0.2, -0.15) is 0 Å². The molecule has 0 bridgehead atoms. The number of methoxy groups -OCH3 is 1. The third-order valence-corrected chi connectivity index (χ3v) is 1.70. The van der Waals surface area contributed by atoms with Gasteiger partial charge in [-0.3, -0.25) is 0 Å². The number of hydrogen-bond acceptors (Lipinski definition) is 2. The zero-order valence-electron chi connectivity index (χ0n) is 6.82. The molecule has 0 N–H and O–H groups in total. The Morgan fingerprint density at radius 1 is 1.10 bits per heavy atom. The van der Waals surface area contributed by atoms with Gasteiger partial charge in [-0.1, -0.05) is 0 Å². The van der Waals surface area contributed by atoms with Crippen LogP contribution in [0.3, 0.4) is 0 Å². The van der Waals surface area contributed by atoms with Crippen LogP contribution in [0.15, 0.2) is 4.42 Å². The van der Waals surface area contributed by atoms with E-state index in [-0.39, 0.29) is 0 Å². The molecule has 0 radical (unpaired) electrons. The predicted octanol–water partition coefficient (Wildman–Crippen LogP) is 2.21. The highest BCUT2D eigenvalue weighted by atomic mass is 16.5. The van der Waals surface area contributed by atoms with Gasteiger partial charge in [0.05, 0.1) is 7.11 Å². The average Bonchev–Trinajstić information content (AvgIpc) is 2.09. The molecule has 56 valence electrons. The van der Waals surface area contributed by atoms with Gasteiger partial charge in [-0.05, 0) is 20.8 Å². The van der Waals surface area contributed by atoms with E-state index in [1.165, 1.54) is 0 Å². The Morgan fingerprint density at radius 2 is 1.70 bits per heavy atom. The lowest BCUT2D eigenvalue weighted by atomic mass is 10.2. The standard InChI is InChI=1S/C8H12O2/c1-5-6(2)10-7(3)8(5)9-4/h1-4H3. The summed E-state index contributed by atoms with van der Waals surface area (Å²) in [7, 11) is 1.66. The normalized spacial score (nSPS) is 10.0. The fraction of sp³-hybridized carbons (Fsp3) is 0.500. The van der Waals surface area contributed by atoms with E-state index in [0.717, 1.165) is 22.8 Å². The molecular weight excluding hydrogens is 128 g/mol. The topological polar surface area (TPSA) is 22.4 Å². The highest BCUT2D eigenvalue weighted by Gasteiger charge is 2.09. The van der Waals surface area contributed by atoms with Crippen molar-refractivity contribution in [1.29, 1.82) is 0 Å². The molecule has 0 aliphatic heterocycles. The molecular formula is C8H12O2. The lowest BCUT2D eigenvalue weighted by Crippen LogP contribution is -1.84. The molecule has 0 fully saturated rings. The van der Waals surface area contributed by atoms with E-state index in [9.17, 15) is 0 Å². The molecule has 2 nitrogen and oxygen atoms in total. The molecule has 0 aromatic carbocycles. The van der Waals surface area contributed by atoms with Gasteiger partial charge in [0.2, 0.25) is 0 Å². The monoisotopic (exact) mass is 140 g/mol. The van der Waals surface area contributed by atoms with E-state index in [1.54, 1.807) is 7.11 Å². The second kappa shape index (κ2) is 2.37. The Morgan fingerprint density at radius 3 is 1.90 bits per heavy atom. The Balaban J connectivity index is 3.20. The van der Waals surface area contributed by atoms with E-state index >= 15 is 0 Å². The van der Waals surface area contributed by atoms with Gasteiger partial charge in [0.1, 0.15) is 11.5 Å². The second-order valence-corrected chi connectivity index (χ2v) is 2.37. The number of hydrogen-bond donors (Lipinski definition) is 0. The Bertz CT molecular complexity index is 236. The zero-order chi connectivity index (χ0) is 7.72. The first-order valence-corrected chi connectivity index (χ1v) is 3.27. The van der Waals surface area contributed by atoms with E-state index in [2.05, 4.69) is 0 Å². The molecule has 10 heavy (non-hydrogen) atoms.